The van der Waals surface area contributed by atoms with Gasteiger partial charge in [0.15, 0.2) is 5.82 Å². The van der Waals surface area contributed by atoms with E-state index < -0.39 is 5.97 Å². The summed E-state index contributed by atoms with van der Waals surface area (Å²) in [6, 6.07) is 6.12. The van der Waals surface area contributed by atoms with E-state index in [2.05, 4.69) is 10.1 Å². The maximum absolute atomic E-state index is 12.7. The SMILES string of the molecule is O=C(O)CCc1nc(CSc2ccc(F)cc2)no1. The molecule has 1 aromatic carbocycles. The van der Waals surface area contributed by atoms with Crippen molar-refractivity contribution in [2.75, 3.05) is 0 Å². The Morgan fingerprint density at radius 1 is 1.37 bits per heavy atom. The van der Waals surface area contributed by atoms with Crippen molar-refractivity contribution < 1.29 is 18.8 Å². The van der Waals surface area contributed by atoms with Crippen LogP contribution in [0.15, 0.2) is 33.7 Å². The molecule has 1 N–H and O–H groups in total. The Morgan fingerprint density at radius 2 is 2.11 bits per heavy atom. The van der Waals surface area contributed by atoms with Crippen LogP contribution >= 0.6 is 11.8 Å². The molecule has 0 atom stereocenters. The number of carboxylic acids is 1. The highest BCUT2D eigenvalue weighted by atomic mass is 32.2. The van der Waals surface area contributed by atoms with Gasteiger partial charge in [0.05, 0.1) is 12.2 Å². The molecule has 0 saturated heterocycles. The number of carboxylic acid groups (broad SMARTS) is 1. The minimum atomic E-state index is -0.902. The second-order valence-corrected chi connectivity index (χ2v) is 4.79. The molecule has 0 saturated carbocycles. The number of nitrogens with zero attached hydrogens (tertiary/aromatic N) is 2. The van der Waals surface area contributed by atoms with Crippen molar-refractivity contribution in [1.29, 1.82) is 0 Å². The van der Waals surface area contributed by atoms with Gasteiger partial charge in [-0.2, -0.15) is 4.98 Å². The molecule has 0 spiro atoms. The summed E-state index contributed by atoms with van der Waals surface area (Å²) in [4.78, 5) is 15.4. The fourth-order valence-electron chi connectivity index (χ4n) is 1.34. The molecule has 0 aliphatic heterocycles. The molecule has 0 aliphatic rings. The number of hydrogen-bond donors (Lipinski definition) is 1. The fourth-order valence-corrected chi connectivity index (χ4v) is 2.08. The summed E-state index contributed by atoms with van der Waals surface area (Å²) in [6.07, 6.45) is 0.191. The third kappa shape index (κ3) is 4.36. The van der Waals surface area contributed by atoms with Gasteiger partial charge in [0.2, 0.25) is 5.89 Å². The molecule has 2 rings (SSSR count). The van der Waals surface area contributed by atoms with Crippen LogP contribution in [0.1, 0.15) is 18.1 Å². The lowest BCUT2D eigenvalue weighted by Crippen LogP contribution is -1.97. The predicted octanol–water partition coefficient (Wildman–Crippen LogP) is 2.52. The maximum atomic E-state index is 12.7. The highest BCUT2D eigenvalue weighted by Gasteiger charge is 2.08. The number of aromatic nitrogens is 2. The molecule has 0 fully saturated rings. The number of aliphatic carboxylic acids is 1. The Balaban J connectivity index is 1.86. The molecule has 0 bridgehead atoms. The first-order valence-corrected chi connectivity index (χ1v) is 6.53. The first-order valence-electron chi connectivity index (χ1n) is 5.55. The number of halogens is 1. The summed E-state index contributed by atoms with van der Waals surface area (Å²) >= 11 is 1.45. The minimum Gasteiger partial charge on any atom is -0.481 e. The molecule has 0 radical (unpaired) electrons. The van der Waals surface area contributed by atoms with E-state index in [0.717, 1.165) is 4.90 Å². The Bertz CT molecular complexity index is 556. The molecule has 19 heavy (non-hydrogen) atoms. The predicted molar refractivity (Wildman–Crippen MR) is 66.2 cm³/mol. The summed E-state index contributed by atoms with van der Waals surface area (Å²) in [5.74, 6) is 0.120. The van der Waals surface area contributed by atoms with Crippen LogP contribution in [-0.2, 0) is 17.0 Å². The van der Waals surface area contributed by atoms with Crippen molar-refractivity contribution in [3.63, 3.8) is 0 Å². The highest BCUT2D eigenvalue weighted by Crippen LogP contribution is 2.21. The average molecular weight is 282 g/mol. The van der Waals surface area contributed by atoms with Gasteiger partial charge in [0.25, 0.3) is 0 Å². The molecule has 0 unspecified atom stereocenters. The van der Waals surface area contributed by atoms with Gasteiger partial charge in [-0.05, 0) is 24.3 Å². The number of thioether (sulfide) groups is 1. The molecular formula is C12H11FN2O3S. The smallest absolute Gasteiger partial charge is 0.303 e. The molecule has 5 nitrogen and oxygen atoms in total. The van der Waals surface area contributed by atoms with Crippen LogP contribution in [0.4, 0.5) is 4.39 Å². The van der Waals surface area contributed by atoms with Crippen molar-refractivity contribution >= 4 is 17.7 Å². The normalized spacial score (nSPS) is 10.6. The number of hydrogen-bond acceptors (Lipinski definition) is 5. The van der Waals surface area contributed by atoms with Crippen LogP contribution in [0.5, 0.6) is 0 Å². The van der Waals surface area contributed by atoms with Gasteiger partial charge in [-0.25, -0.2) is 4.39 Å². The Morgan fingerprint density at radius 3 is 2.79 bits per heavy atom. The molecule has 100 valence electrons. The lowest BCUT2D eigenvalue weighted by molar-refractivity contribution is -0.137. The van der Waals surface area contributed by atoms with Gasteiger partial charge in [-0.15, -0.1) is 11.8 Å². The van der Waals surface area contributed by atoms with Crippen LogP contribution in [0, 0.1) is 5.82 Å². The van der Waals surface area contributed by atoms with Gasteiger partial charge in [-0.1, -0.05) is 5.16 Å². The monoisotopic (exact) mass is 282 g/mol. The van der Waals surface area contributed by atoms with Crippen molar-refractivity contribution in [3.05, 3.63) is 41.8 Å². The second-order valence-electron chi connectivity index (χ2n) is 3.74. The van der Waals surface area contributed by atoms with Gasteiger partial charge >= 0.3 is 5.97 Å². The standard InChI is InChI=1S/C12H11FN2O3S/c13-8-1-3-9(4-2-8)19-7-10-14-11(18-15-10)5-6-12(16)17/h1-4H,5-7H2,(H,16,17). The van der Waals surface area contributed by atoms with Crippen molar-refractivity contribution in [2.45, 2.75) is 23.5 Å². The Kier molecular flexibility index (Phi) is 4.51. The molecule has 1 aromatic heterocycles. The van der Waals surface area contributed by atoms with Crippen molar-refractivity contribution in [1.82, 2.24) is 10.1 Å². The summed E-state index contributed by atoms with van der Waals surface area (Å²) in [5, 5.41) is 12.3. The van der Waals surface area contributed by atoms with E-state index in [1.807, 2.05) is 0 Å². The van der Waals surface area contributed by atoms with Crippen LogP contribution in [0.2, 0.25) is 0 Å². The number of carbonyl (C=O) groups is 1. The highest BCUT2D eigenvalue weighted by molar-refractivity contribution is 7.98. The van der Waals surface area contributed by atoms with Gasteiger partial charge in [0, 0.05) is 11.3 Å². The van der Waals surface area contributed by atoms with Crippen LogP contribution in [-0.4, -0.2) is 21.2 Å². The van der Waals surface area contributed by atoms with Crippen molar-refractivity contribution in [2.24, 2.45) is 0 Å². The minimum absolute atomic E-state index is 0.0350. The second kappa shape index (κ2) is 6.33. The summed E-state index contributed by atoms with van der Waals surface area (Å²) in [6.45, 7) is 0. The number of rotatable bonds is 6. The lowest BCUT2D eigenvalue weighted by atomic mass is 10.3. The molecule has 2 aromatic rings. The van der Waals surface area contributed by atoms with E-state index in [9.17, 15) is 9.18 Å². The zero-order valence-corrected chi connectivity index (χ0v) is 10.7. The van der Waals surface area contributed by atoms with Crippen molar-refractivity contribution in [3.8, 4) is 0 Å². The summed E-state index contributed by atoms with van der Waals surface area (Å²) < 4.78 is 17.6. The van der Waals surface area contributed by atoms with E-state index in [1.165, 1.54) is 23.9 Å². The number of benzene rings is 1. The molecule has 0 amide bonds. The lowest BCUT2D eigenvalue weighted by Gasteiger charge is -1.97. The van der Waals surface area contributed by atoms with Crippen LogP contribution in [0.25, 0.3) is 0 Å². The quantitative estimate of drug-likeness (QED) is 0.820. The third-order valence-corrected chi connectivity index (χ3v) is 3.25. The largest absolute Gasteiger partial charge is 0.481 e. The zero-order valence-electron chi connectivity index (χ0n) is 9.88. The first-order chi connectivity index (χ1) is 9.13. The summed E-state index contributed by atoms with van der Waals surface area (Å²) in [7, 11) is 0. The first kappa shape index (κ1) is 13.5. The van der Waals surface area contributed by atoms with Gasteiger partial charge in [-0.3, -0.25) is 4.79 Å². The molecule has 7 heteroatoms. The van der Waals surface area contributed by atoms with Crippen LogP contribution in [0.3, 0.4) is 0 Å². The Hall–Kier alpha value is -1.89. The Labute approximate surface area is 112 Å². The summed E-state index contributed by atoms with van der Waals surface area (Å²) in [5.41, 5.74) is 0. The fraction of sp³-hybridized carbons (Fsp3) is 0.250. The molecule has 0 aliphatic carbocycles. The van der Waals surface area contributed by atoms with E-state index in [4.69, 9.17) is 9.63 Å². The van der Waals surface area contributed by atoms with E-state index in [-0.39, 0.29) is 18.7 Å². The molecule has 1 heterocycles. The van der Waals surface area contributed by atoms with Crippen LogP contribution < -0.4 is 0 Å². The number of aryl methyl sites for hydroxylation is 1. The topological polar surface area (TPSA) is 76.2 Å². The van der Waals surface area contributed by atoms with E-state index in [0.29, 0.717) is 17.5 Å². The zero-order chi connectivity index (χ0) is 13.7. The third-order valence-electron chi connectivity index (χ3n) is 2.24. The maximum Gasteiger partial charge on any atom is 0.303 e. The van der Waals surface area contributed by atoms with E-state index >= 15 is 0 Å². The average Bonchev–Trinajstić information content (AvgIpc) is 2.84. The van der Waals surface area contributed by atoms with E-state index in [1.54, 1.807) is 12.1 Å². The molecular weight excluding hydrogens is 271 g/mol. The van der Waals surface area contributed by atoms with Gasteiger partial charge in [0.1, 0.15) is 5.82 Å². The van der Waals surface area contributed by atoms with Gasteiger partial charge < -0.3 is 9.63 Å².